The third-order valence-electron chi connectivity index (χ3n) is 4.22. The summed E-state index contributed by atoms with van der Waals surface area (Å²) in [7, 11) is 0. The Bertz CT molecular complexity index is 1150. The number of halogens is 1. The molecule has 0 aliphatic heterocycles. The number of ether oxygens (including phenoxy) is 1. The van der Waals surface area contributed by atoms with Crippen LogP contribution in [-0.4, -0.2) is 27.1 Å². The van der Waals surface area contributed by atoms with E-state index in [0.29, 0.717) is 23.3 Å². The molecule has 0 fully saturated rings. The average molecular weight is 425 g/mol. The fraction of sp³-hybridized carbons (Fsp3) is 0.150. The van der Waals surface area contributed by atoms with Crippen LogP contribution in [0.2, 0.25) is 0 Å². The van der Waals surface area contributed by atoms with Crippen molar-refractivity contribution in [3.8, 4) is 5.69 Å². The molecule has 0 saturated carbocycles. The van der Waals surface area contributed by atoms with Gasteiger partial charge in [-0.15, -0.1) is 0 Å². The molecule has 7 heteroatoms. The van der Waals surface area contributed by atoms with E-state index >= 15 is 0 Å². The Morgan fingerprint density at radius 2 is 1.78 bits per heavy atom. The second-order valence-corrected chi connectivity index (χ2v) is 7.01. The summed E-state index contributed by atoms with van der Waals surface area (Å²) in [5, 5.41) is 0. The molecule has 2 N–H and O–H groups in total. The van der Waals surface area contributed by atoms with Crippen LogP contribution in [0.5, 0.6) is 0 Å². The first-order chi connectivity index (χ1) is 13.1. The largest absolute Gasteiger partial charge is 0.462 e. The number of carbonyl (C=O) groups is 1. The molecule has 6 nitrogen and oxygen atoms in total. The van der Waals surface area contributed by atoms with Gasteiger partial charge in [0.15, 0.2) is 5.65 Å². The molecule has 2 aromatic carbocycles. The number of nitrogen functional groups attached to an aromatic ring is 1. The number of esters is 1. The van der Waals surface area contributed by atoms with Crippen molar-refractivity contribution in [3.05, 3.63) is 58.6 Å². The average Bonchev–Trinajstić information content (AvgIpc) is 2.96. The maximum atomic E-state index is 12.7. The Kier molecular flexibility index (Phi) is 4.53. The van der Waals surface area contributed by atoms with E-state index in [0.717, 1.165) is 22.1 Å². The lowest BCUT2D eigenvalue weighted by atomic mass is 10.2. The van der Waals surface area contributed by atoms with Gasteiger partial charge in [-0.05, 0) is 42.8 Å². The van der Waals surface area contributed by atoms with Crippen LogP contribution in [0.3, 0.4) is 0 Å². The van der Waals surface area contributed by atoms with E-state index in [1.165, 1.54) is 0 Å². The van der Waals surface area contributed by atoms with Crippen LogP contribution in [0.1, 0.15) is 23.7 Å². The van der Waals surface area contributed by atoms with Gasteiger partial charge in [-0.3, -0.25) is 4.57 Å². The maximum Gasteiger partial charge on any atom is 0.344 e. The lowest BCUT2D eigenvalue weighted by Crippen LogP contribution is -2.09. The maximum absolute atomic E-state index is 12.7. The zero-order chi connectivity index (χ0) is 19.0. The standard InChI is InChI=1S/C20H17BrN4O2/c1-2-11-27-20(26)16-17-19(24-15-6-4-3-5-14(15)23-17)25(18(16)22)13-9-7-12(21)8-10-13/h3-10H,2,11,22H2,1H3. The third kappa shape index (κ3) is 3.04. The molecule has 0 radical (unpaired) electrons. The molecule has 0 saturated heterocycles. The summed E-state index contributed by atoms with van der Waals surface area (Å²) >= 11 is 3.43. The second-order valence-electron chi connectivity index (χ2n) is 6.09. The van der Waals surface area contributed by atoms with Crippen molar-refractivity contribution in [1.29, 1.82) is 0 Å². The number of hydrogen-bond acceptors (Lipinski definition) is 5. The van der Waals surface area contributed by atoms with Gasteiger partial charge in [0.05, 0.1) is 17.6 Å². The number of rotatable bonds is 4. The van der Waals surface area contributed by atoms with Gasteiger partial charge in [0.1, 0.15) is 16.9 Å². The summed E-state index contributed by atoms with van der Waals surface area (Å²) in [5.41, 5.74) is 9.83. The quantitative estimate of drug-likeness (QED) is 0.488. The smallest absolute Gasteiger partial charge is 0.344 e. The topological polar surface area (TPSA) is 83.0 Å². The molecule has 0 amide bonds. The van der Waals surface area contributed by atoms with Gasteiger partial charge >= 0.3 is 5.97 Å². The molecule has 27 heavy (non-hydrogen) atoms. The van der Waals surface area contributed by atoms with E-state index in [1.807, 2.05) is 55.5 Å². The predicted molar refractivity (Wildman–Crippen MR) is 109 cm³/mol. The number of nitrogens with two attached hydrogens (primary N) is 1. The van der Waals surface area contributed by atoms with Crippen molar-refractivity contribution in [2.45, 2.75) is 13.3 Å². The molecular formula is C20H17BrN4O2. The first-order valence-electron chi connectivity index (χ1n) is 8.60. The number of aromatic nitrogens is 3. The highest BCUT2D eigenvalue weighted by Gasteiger charge is 2.25. The Hall–Kier alpha value is -2.93. The van der Waals surface area contributed by atoms with E-state index < -0.39 is 5.97 Å². The highest BCUT2D eigenvalue weighted by Crippen LogP contribution is 2.31. The van der Waals surface area contributed by atoms with E-state index in [1.54, 1.807) is 4.57 Å². The lowest BCUT2D eigenvalue weighted by molar-refractivity contribution is 0.0508. The molecule has 2 heterocycles. The van der Waals surface area contributed by atoms with Crippen LogP contribution in [0.25, 0.3) is 27.9 Å². The summed E-state index contributed by atoms with van der Waals surface area (Å²) in [5.74, 6) is -0.219. The monoisotopic (exact) mass is 424 g/mol. The molecule has 0 atom stereocenters. The SMILES string of the molecule is CCCOC(=O)c1c(N)n(-c2ccc(Br)cc2)c2nc3ccccc3nc12. The zero-order valence-electron chi connectivity index (χ0n) is 14.6. The number of nitrogens with zero attached hydrogens (tertiary/aromatic N) is 3. The number of hydrogen-bond donors (Lipinski definition) is 1. The van der Waals surface area contributed by atoms with E-state index in [4.69, 9.17) is 15.5 Å². The number of para-hydroxylation sites is 2. The lowest BCUT2D eigenvalue weighted by Gasteiger charge is -2.08. The van der Waals surface area contributed by atoms with Crippen molar-refractivity contribution in [2.24, 2.45) is 0 Å². The Morgan fingerprint density at radius 3 is 2.44 bits per heavy atom. The van der Waals surface area contributed by atoms with Crippen molar-refractivity contribution in [3.63, 3.8) is 0 Å². The van der Waals surface area contributed by atoms with Crippen LogP contribution in [-0.2, 0) is 4.74 Å². The van der Waals surface area contributed by atoms with Crippen molar-refractivity contribution in [1.82, 2.24) is 14.5 Å². The minimum atomic E-state index is -0.486. The van der Waals surface area contributed by atoms with Crippen LogP contribution in [0.15, 0.2) is 53.0 Å². The van der Waals surface area contributed by atoms with Gasteiger partial charge in [-0.2, -0.15) is 0 Å². The summed E-state index contributed by atoms with van der Waals surface area (Å²) in [6.45, 7) is 2.26. The summed E-state index contributed by atoms with van der Waals surface area (Å²) in [4.78, 5) is 22.1. The predicted octanol–water partition coefficient (Wildman–Crippen LogP) is 4.49. The number of fused-ring (bicyclic) bond motifs is 2. The van der Waals surface area contributed by atoms with Gasteiger partial charge in [-0.1, -0.05) is 35.0 Å². The molecule has 0 spiro atoms. The van der Waals surface area contributed by atoms with Crippen LogP contribution < -0.4 is 5.73 Å². The highest BCUT2D eigenvalue weighted by molar-refractivity contribution is 9.10. The van der Waals surface area contributed by atoms with Crippen LogP contribution >= 0.6 is 15.9 Å². The zero-order valence-corrected chi connectivity index (χ0v) is 16.2. The minimum Gasteiger partial charge on any atom is -0.462 e. The highest BCUT2D eigenvalue weighted by atomic mass is 79.9. The first kappa shape index (κ1) is 17.5. The van der Waals surface area contributed by atoms with E-state index in [9.17, 15) is 4.79 Å². The van der Waals surface area contributed by atoms with Gasteiger partial charge in [0.25, 0.3) is 0 Å². The fourth-order valence-electron chi connectivity index (χ4n) is 2.98. The van der Waals surface area contributed by atoms with Crippen molar-refractivity contribution >= 4 is 49.9 Å². The second kappa shape index (κ2) is 7.00. The number of anilines is 1. The number of benzene rings is 2. The summed E-state index contributed by atoms with van der Waals surface area (Å²) < 4.78 is 8.02. The number of carbonyl (C=O) groups excluding carboxylic acids is 1. The first-order valence-corrected chi connectivity index (χ1v) is 9.39. The third-order valence-corrected chi connectivity index (χ3v) is 4.75. The Morgan fingerprint density at radius 1 is 1.11 bits per heavy atom. The Balaban J connectivity index is 2.03. The molecule has 0 aliphatic carbocycles. The van der Waals surface area contributed by atoms with Gasteiger partial charge < -0.3 is 10.5 Å². The van der Waals surface area contributed by atoms with Crippen LogP contribution in [0, 0.1) is 0 Å². The van der Waals surface area contributed by atoms with Crippen LogP contribution in [0.4, 0.5) is 5.82 Å². The molecule has 0 aliphatic rings. The molecule has 0 bridgehead atoms. The van der Waals surface area contributed by atoms with Gasteiger partial charge in [0.2, 0.25) is 0 Å². The van der Waals surface area contributed by atoms with Crippen molar-refractivity contribution < 1.29 is 9.53 Å². The minimum absolute atomic E-state index is 0.250. The molecule has 4 rings (SSSR count). The van der Waals surface area contributed by atoms with E-state index in [2.05, 4.69) is 20.9 Å². The Labute approximate surface area is 164 Å². The fourth-order valence-corrected chi connectivity index (χ4v) is 3.25. The normalized spacial score (nSPS) is 11.2. The van der Waals surface area contributed by atoms with Crippen molar-refractivity contribution in [2.75, 3.05) is 12.3 Å². The van der Waals surface area contributed by atoms with Gasteiger partial charge in [0, 0.05) is 10.2 Å². The molecule has 4 aromatic rings. The van der Waals surface area contributed by atoms with Gasteiger partial charge in [-0.25, -0.2) is 14.8 Å². The summed E-state index contributed by atoms with van der Waals surface area (Å²) in [6, 6.07) is 15.1. The molecule has 136 valence electrons. The molecule has 2 aromatic heterocycles. The molecular weight excluding hydrogens is 408 g/mol. The summed E-state index contributed by atoms with van der Waals surface area (Å²) in [6.07, 6.45) is 0.728. The molecule has 0 unspecified atom stereocenters. The van der Waals surface area contributed by atoms with E-state index in [-0.39, 0.29) is 11.4 Å².